The van der Waals surface area contributed by atoms with Gasteiger partial charge >= 0.3 is 0 Å². The van der Waals surface area contributed by atoms with Crippen LogP contribution in [0.15, 0.2) is 0 Å². The Morgan fingerprint density at radius 1 is 1.00 bits per heavy atom. The summed E-state index contributed by atoms with van der Waals surface area (Å²) < 4.78 is 6.50. The van der Waals surface area contributed by atoms with Crippen LogP contribution in [-0.2, 0) is 4.43 Å². The molecule has 0 heterocycles. The Bertz CT molecular complexity index is 194. The average Bonchev–Trinajstić information content (AvgIpc) is 2.20. The van der Waals surface area contributed by atoms with Gasteiger partial charge in [0.15, 0.2) is 8.32 Å². The molecule has 0 fully saturated rings. The number of hydrogen-bond acceptors (Lipinski definition) is 1. The van der Waals surface area contributed by atoms with Gasteiger partial charge in [-0.05, 0) is 43.8 Å². The van der Waals surface area contributed by atoms with Crippen molar-refractivity contribution in [3.63, 3.8) is 0 Å². The molecular weight excluding hydrogens is 360 g/mol. The SMILES string of the molecule is CC(C)(C)[Si](C)(C)OC(CCCBr)CCCBr. The van der Waals surface area contributed by atoms with Crippen LogP contribution in [0.4, 0.5) is 0 Å². The lowest BCUT2D eigenvalue weighted by Crippen LogP contribution is -2.44. The number of halogens is 2. The maximum atomic E-state index is 6.50. The molecule has 0 saturated heterocycles. The highest BCUT2D eigenvalue weighted by Gasteiger charge is 2.38. The lowest BCUT2D eigenvalue weighted by Gasteiger charge is -2.39. The summed E-state index contributed by atoms with van der Waals surface area (Å²) in [7, 11) is -1.60. The van der Waals surface area contributed by atoms with Gasteiger partial charge in [-0.1, -0.05) is 52.6 Å². The van der Waals surface area contributed by atoms with E-state index < -0.39 is 8.32 Å². The standard InChI is InChI=1S/C13H28Br2OSi/c1-13(2,3)17(4,5)16-12(8-6-10-14)9-7-11-15/h12H,6-11H2,1-5H3. The molecule has 0 aliphatic carbocycles. The Hall–Kier alpha value is 1.14. The fourth-order valence-corrected chi connectivity index (χ4v) is 3.54. The summed E-state index contributed by atoms with van der Waals surface area (Å²) in [6.45, 7) is 11.6. The molecule has 0 spiro atoms. The van der Waals surface area contributed by atoms with Gasteiger partial charge in [-0.15, -0.1) is 0 Å². The van der Waals surface area contributed by atoms with Crippen molar-refractivity contribution in [1.82, 2.24) is 0 Å². The fraction of sp³-hybridized carbons (Fsp3) is 1.00. The monoisotopic (exact) mass is 386 g/mol. The normalized spacial score (nSPS) is 13.4. The first-order valence-corrected chi connectivity index (χ1v) is 11.7. The number of rotatable bonds is 8. The van der Waals surface area contributed by atoms with Crippen molar-refractivity contribution in [2.24, 2.45) is 0 Å². The van der Waals surface area contributed by atoms with Gasteiger partial charge in [0.25, 0.3) is 0 Å². The minimum absolute atomic E-state index is 0.314. The van der Waals surface area contributed by atoms with Crippen molar-refractivity contribution >= 4 is 40.2 Å². The molecule has 104 valence electrons. The second kappa shape index (κ2) is 8.34. The van der Waals surface area contributed by atoms with Crippen LogP contribution in [0.2, 0.25) is 18.1 Å². The minimum atomic E-state index is -1.60. The van der Waals surface area contributed by atoms with E-state index in [2.05, 4.69) is 65.7 Å². The summed E-state index contributed by atoms with van der Waals surface area (Å²) in [6.07, 6.45) is 5.24. The van der Waals surface area contributed by atoms with Crippen molar-refractivity contribution in [1.29, 1.82) is 0 Å². The van der Waals surface area contributed by atoms with Crippen LogP contribution in [0.1, 0.15) is 46.5 Å². The highest BCUT2D eigenvalue weighted by molar-refractivity contribution is 9.09. The predicted molar refractivity (Wildman–Crippen MR) is 88.1 cm³/mol. The summed E-state index contributed by atoms with van der Waals surface area (Å²) in [4.78, 5) is 0. The van der Waals surface area contributed by atoms with Crippen molar-refractivity contribution in [2.45, 2.75) is 70.7 Å². The zero-order valence-electron chi connectivity index (χ0n) is 12.0. The minimum Gasteiger partial charge on any atom is -0.414 e. The molecular formula is C13H28Br2OSi. The van der Waals surface area contributed by atoms with Crippen molar-refractivity contribution < 1.29 is 4.43 Å². The molecule has 0 saturated carbocycles. The van der Waals surface area contributed by atoms with Crippen molar-refractivity contribution in [3.8, 4) is 0 Å². The third-order valence-corrected chi connectivity index (χ3v) is 9.24. The molecule has 4 heteroatoms. The largest absolute Gasteiger partial charge is 0.414 e. The summed E-state index contributed by atoms with van der Waals surface area (Å²) >= 11 is 7.02. The molecule has 0 amide bonds. The van der Waals surface area contributed by atoms with Crippen LogP contribution in [0.5, 0.6) is 0 Å². The first-order chi connectivity index (χ1) is 7.74. The Labute approximate surface area is 125 Å². The Balaban J connectivity index is 4.39. The van der Waals surface area contributed by atoms with Crippen molar-refractivity contribution in [3.05, 3.63) is 0 Å². The van der Waals surface area contributed by atoms with E-state index in [9.17, 15) is 0 Å². The van der Waals surface area contributed by atoms with Gasteiger partial charge in [-0.25, -0.2) is 0 Å². The van der Waals surface area contributed by atoms with E-state index in [-0.39, 0.29) is 0 Å². The van der Waals surface area contributed by atoms with Gasteiger partial charge in [0, 0.05) is 16.8 Å². The topological polar surface area (TPSA) is 9.23 Å². The maximum absolute atomic E-state index is 6.50. The van der Waals surface area contributed by atoms with Crippen LogP contribution in [-0.4, -0.2) is 25.1 Å². The van der Waals surface area contributed by atoms with Crippen LogP contribution in [0.3, 0.4) is 0 Å². The van der Waals surface area contributed by atoms with E-state index in [0.717, 1.165) is 10.7 Å². The fourth-order valence-electron chi connectivity index (χ4n) is 1.47. The van der Waals surface area contributed by atoms with Gasteiger partial charge in [-0.3, -0.25) is 0 Å². The summed E-state index contributed by atoms with van der Waals surface area (Å²) in [5.41, 5.74) is 0. The molecule has 17 heavy (non-hydrogen) atoms. The zero-order valence-corrected chi connectivity index (χ0v) is 16.2. The summed E-state index contributed by atoms with van der Waals surface area (Å²) in [5.74, 6) is 0. The predicted octanol–water partition coefficient (Wildman–Crippen LogP) is 5.73. The third-order valence-electron chi connectivity index (χ3n) is 3.59. The van der Waals surface area contributed by atoms with E-state index in [1.165, 1.54) is 25.7 Å². The van der Waals surface area contributed by atoms with E-state index in [4.69, 9.17) is 4.43 Å². The molecule has 1 nitrogen and oxygen atoms in total. The van der Waals surface area contributed by atoms with Gasteiger partial charge in [0.2, 0.25) is 0 Å². The summed E-state index contributed by atoms with van der Waals surface area (Å²) in [5, 5.41) is 2.48. The van der Waals surface area contributed by atoms with Gasteiger partial charge in [-0.2, -0.15) is 0 Å². The van der Waals surface area contributed by atoms with Crippen LogP contribution in [0.25, 0.3) is 0 Å². The molecule has 0 aromatic rings. The highest BCUT2D eigenvalue weighted by atomic mass is 79.9. The van der Waals surface area contributed by atoms with Crippen LogP contribution < -0.4 is 0 Å². The second-order valence-corrected chi connectivity index (χ2v) is 12.5. The van der Waals surface area contributed by atoms with E-state index in [1.54, 1.807) is 0 Å². The molecule has 0 aliphatic rings. The van der Waals surface area contributed by atoms with Gasteiger partial charge < -0.3 is 4.43 Å². The van der Waals surface area contributed by atoms with E-state index >= 15 is 0 Å². The smallest absolute Gasteiger partial charge is 0.192 e. The summed E-state index contributed by atoms with van der Waals surface area (Å²) in [6, 6.07) is 0. The van der Waals surface area contributed by atoms with Crippen LogP contribution in [0, 0.1) is 0 Å². The zero-order chi connectivity index (χ0) is 13.5. The molecule has 0 rings (SSSR count). The third kappa shape index (κ3) is 7.33. The molecule has 0 radical (unpaired) electrons. The quantitative estimate of drug-likeness (QED) is 0.381. The average molecular weight is 388 g/mol. The molecule has 0 aromatic heterocycles. The number of alkyl halides is 2. The highest BCUT2D eigenvalue weighted by Crippen LogP contribution is 2.38. The van der Waals surface area contributed by atoms with Gasteiger partial charge in [0.05, 0.1) is 0 Å². The Morgan fingerprint density at radius 3 is 1.71 bits per heavy atom. The van der Waals surface area contributed by atoms with Crippen molar-refractivity contribution in [2.75, 3.05) is 10.7 Å². The molecule has 0 aromatic carbocycles. The lowest BCUT2D eigenvalue weighted by molar-refractivity contribution is 0.160. The van der Waals surface area contributed by atoms with Crippen LogP contribution >= 0.6 is 31.9 Å². The molecule has 0 unspecified atom stereocenters. The molecule has 0 bridgehead atoms. The Morgan fingerprint density at radius 2 is 1.41 bits per heavy atom. The first kappa shape index (κ1) is 18.1. The molecule has 0 N–H and O–H groups in total. The molecule has 0 atom stereocenters. The molecule has 0 aliphatic heterocycles. The Kier molecular flexibility index (Phi) is 8.89. The lowest BCUT2D eigenvalue weighted by atomic mass is 10.1. The van der Waals surface area contributed by atoms with E-state index in [1.807, 2.05) is 0 Å². The van der Waals surface area contributed by atoms with Gasteiger partial charge in [0.1, 0.15) is 0 Å². The van der Waals surface area contributed by atoms with E-state index in [0.29, 0.717) is 11.1 Å². The first-order valence-electron chi connectivity index (χ1n) is 6.54. The maximum Gasteiger partial charge on any atom is 0.192 e. The second-order valence-electron chi connectivity index (χ2n) is 6.16. The number of hydrogen-bond donors (Lipinski definition) is 0.